The maximum absolute atomic E-state index is 11.6. The lowest BCUT2D eigenvalue weighted by atomic mass is 9.93. The van der Waals surface area contributed by atoms with Crippen LogP contribution in [0.1, 0.15) is 30.0 Å². The van der Waals surface area contributed by atoms with E-state index in [0.717, 1.165) is 5.56 Å². The predicted octanol–water partition coefficient (Wildman–Crippen LogP) is 1.59. The second-order valence-electron chi connectivity index (χ2n) is 3.99. The molecule has 0 heterocycles. The summed E-state index contributed by atoms with van der Waals surface area (Å²) in [6, 6.07) is 7.71. The van der Waals surface area contributed by atoms with Gasteiger partial charge in [0.25, 0.3) is 0 Å². The summed E-state index contributed by atoms with van der Waals surface area (Å²) in [6.45, 7) is 2.02. The second kappa shape index (κ2) is 3.66. The Morgan fingerprint density at radius 3 is 2.47 bits per heavy atom. The van der Waals surface area contributed by atoms with Gasteiger partial charge in [-0.1, -0.05) is 31.2 Å². The lowest BCUT2D eigenvalue weighted by molar-refractivity contribution is -0.146. The first-order chi connectivity index (χ1) is 7.16. The zero-order valence-corrected chi connectivity index (χ0v) is 8.94. The van der Waals surface area contributed by atoms with Crippen LogP contribution in [0, 0.1) is 5.92 Å². The van der Waals surface area contributed by atoms with Crippen molar-refractivity contribution in [1.82, 2.24) is 0 Å². The van der Waals surface area contributed by atoms with Gasteiger partial charge in [-0.3, -0.25) is 4.79 Å². The van der Waals surface area contributed by atoms with Crippen LogP contribution in [0.2, 0.25) is 0 Å². The van der Waals surface area contributed by atoms with Crippen LogP contribution in [0.15, 0.2) is 24.3 Å². The first-order valence-electron chi connectivity index (χ1n) is 5.09. The van der Waals surface area contributed by atoms with Crippen molar-refractivity contribution < 1.29 is 9.53 Å². The number of rotatable bonds is 1. The number of carbonyl (C=O) groups excluding carboxylic acids is 1. The van der Waals surface area contributed by atoms with Crippen molar-refractivity contribution in [3.8, 4) is 0 Å². The summed E-state index contributed by atoms with van der Waals surface area (Å²) in [5, 5.41) is 0. The molecule has 0 spiro atoms. The van der Waals surface area contributed by atoms with Crippen molar-refractivity contribution in [3.63, 3.8) is 0 Å². The molecule has 1 unspecified atom stereocenters. The van der Waals surface area contributed by atoms with Crippen LogP contribution >= 0.6 is 0 Å². The van der Waals surface area contributed by atoms with Crippen LogP contribution in [0.5, 0.6) is 0 Å². The van der Waals surface area contributed by atoms with Gasteiger partial charge in [0.2, 0.25) is 0 Å². The Morgan fingerprint density at radius 2 is 1.93 bits per heavy atom. The highest BCUT2D eigenvalue weighted by atomic mass is 16.5. The number of fused-ring (bicyclic) bond motifs is 1. The largest absolute Gasteiger partial charge is 0.469 e. The van der Waals surface area contributed by atoms with E-state index in [4.69, 9.17) is 10.5 Å². The standard InChI is InChI=1S/C12H15NO2/c1-7-8-5-3-4-6-9(8)11(13)10(7)12(14)15-2/h3-7,10-11H,13H2,1-2H3/t7?,10-,11+/m1/s1. The van der Waals surface area contributed by atoms with E-state index in [0.29, 0.717) is 0 Å². The van der Waals surface area contributed by atoms with E-state index >= 15 is 0 Å². The molecule has 15 heavy (non-hydrogen) atoms. The van der Waals surface area contributed by atoms with E-state index in [1.165, 1.54) is 12.7 Å². The summed E-state index contributed by atoms with van der Waals surface area (Å²) in [7, 11) is 1.41. The number of methoxy groups -OCH3 is 1. The van der Waals surface area contributed by atoms with Crippen LogP contribution < -0.4 is 5.73 Å². The summed E-state index contributed by atoms with van der Waals surface area (Å²) >= 11 is 0. The van der Waals surface area contributed by atoms with Gasteiger partial charge >= 0.3 is 5.97 Å². The van der Waals surface area contributed by atoms with Crippen LogP contribution in [0.4, 0.5) is 0 Å². The monoisotopic (exact) mass is 205 g/mol. The van der Waals surface area contributed by atoms with Gasteiger partial charge in [-0.05, 0) is 17.0 Å². The lowest BCUT2D eigenvalue weighted by Gasteiger charge is -2.17. The molecule has 0 amide bonds. The minimum atomic E-state index is -0.243. The Hall–Kier alpha value is -1.35. The topological polar surface area (TPSA) is 52.3 Å². The van der Waals surface area contributed by atoms with Crippen molar-refractivity contribution in [2.24, 2.45) is 11.7 Å². The van der Waals surface area contributed by atoms with E-state index in [1.807, 2.05) is 31.2 Å². The van der Waals surface area contributed by atoms with E-state index in [9.17, 15) is 4.79 Å². The first kappa shape index (κ1) is 10.2. The molecule has 0 fully saturated rings. The Balaban J connectivity index is 2.40. The molecule has 0 aromatic heterocycles. The fraction of sp³-hybridized carbons (Fsp3) is 0.417. The fourth-order valence-electron chi connectivity index (χ4n) is 2.41. The molecule has 0 aliphatic heterocycles. The number of ether oxygens (including phenoxy) is 1. The molecule has 1 aliphatic rings. The Kier molecular flexibility index (Phi) is 2.49. The molecule has 0 saturated heterocycles. The molecule has 1 aromatic carbocycles. The maximum Gasteiger partial charge on any atom is 0.311 e. The minimum Gasteiger partial charge on any atom is -0.469 e. The van der Waals surface area contributed by atoms with Gasteiger partial charge in [0.05, 0.1) is 13.0 Å². The van der Waals surface area contributed by atoms with Crippen LogP contribution in [0.25, 0.3) is 0 Å². The second-order valence-corrected chi connectivity index (χ2v) is 3.99. The van der Waals surface area contributed by atoms with E-state index in [-0.39, 0.29) is 23.8 Å². The highest BCUT2D eigenvalue weighted by Gasteiger charge is 2.41. The summed E-state index contributed by atoms with van der Waals surface area (Å²) in [6.07, 6.45) is 0. The third-order valence-corrected chi connectivity index (χ3v) is 3.24. The van der Waals surface area contributed by atoms with E-state index in [2.05, 4.69) is 0 Å². The van der Waals surface area contributed by atoms with Crippen molar-refractivity contribution in [2.45, 2.75) is 18.9 Å². The number of carbonyl (C=O) groups is 1. The molecule has 0 bridgehead atoms. The first-order valence-corrected chi connectivity index (χ1v) is 5.09. The maximum atomic E-state index is 11.6. The Bertz CT molecular complexity index is 360. The summed E-state index contributed by atoms with van der Waals surface area (Å²) in [5.74, 6) is -0.317. The predicted molar refractivity (Wildman–Crippen MR) is 57.3 cm³/mol. The molecule has 3 atom stereocenters. The quantitative estimate of drug-likeness (QED) is 0.708. The third kappa shape index (κ3) is 1.43. The minimum absolute atomic E-state index is 0.142. The molecular formula is C12H15NO2. The van der Waals surface area contributed by atoms with Crippen LogP contribution in [-0.2, 0) is 9.53 Å². The van der Waals surface area contributed by atoms with Crippen LogP contribution in [-0.4, -0.2) is 13.1 Å². The van der Waals surface area contributed by atoms with Crippen molar-refractivity contribution >= 4 is 5.97 Å². The van der Waals surface area contributed by atoms with Crippen molar-refractivity contribution in [3.05, 3.63) is 35.4 Å². The summed E-state index contributed by atoms with van der Waals surface area (Å²) in [4.78, 5) is 11.6. The molecule has 80 valence electrons. The molecule has 3 nitrogen and oxygen atoms in total. The van der Waals surface area contributed by atoms with Gasteiger partial charge in [-0.25, -0.2) is 0 Å². The van der Waals surface area contributed by atoms with Gasteiger partial charge in [0.15, 0.2) is 0 Å². The van der Waals surface area contributed by atoms with Gasteiger partial charge < -0.3 is 10.5 Å². The highest BCUT2D eigenvalue weighted by molar-refractivity contribution is 5.76. The summed E-state index contributed by atoms with van der Waals surface area (Å²) in [5.41, 5.74) is 8.29. The number of hydrogen-bond donors (Lipinski definition) is 1. The zero-order valence-electron chi connectivity index (χ0n) is 8.94. The van der Waals surface area contributed by atoms with E-state index < -0.39 is 0 Å². The smallest absolute Gasteiger partial charge is 0.311 e. The van der Waals surface area contributed by atoms with Crippen molar-refractivity contribution in [2.75, 3.05) is 7.11 Å². The van der Waals surface area contributed by atoms with E-state index in [1.54, 1.807) is 0 Å². The van der Waals surface area contributed by atoms with Crippen LogP contribution in [0.3, 0.4) is 0 Å². The van der Waals surface area contributed by atoms with Gasteiger partial charge in [-0.15, -0.1) is 0 Å². The van der Waals surface area contributed by atoms with Gasteiger partial charge in [0, 0.05) is 6.04 Å². The molecule has 1 aliphatic carbocycles. The average molecular weight is 205 g/mol. The molecule has 0 radical (unpaired) electrons. The Morgan fingerprint density at radius 1 is 1.33 bits per heavy atom. The van der Waals surface area contributed by atoms with Gasteiger partial charge in [-0.2, -0.15) is 0 Å². The molecule has 1 aromatic rings. The number of benzene rings is 1. The van der Waals surface area contributed by atoms with Crippen molar-refractivity contribution in [1.29, 1.82) is 0 Å². The zero-order chi connectivity index (χ0) is 11.0. The molecular weight excluding hydrogens is 190 g/mol. The lowest BCUT2D eigenvalue weighted by Crippen LogP contribution is -2.27. The third-order valence-electron chi connectivity index (χ3n) is 3.24. The molecule has 2 N–H and O–H groups in total. The number of hydrogen-bond acceptors (Lipinski definition) is 3. The normalized spacial score (nSPS) is 28.6. The Labute approximate surface area is 89.2 Å². The average Bonchev–Trinajstić information content (AvgIpc) is 2.52. The fourth-order valence-corrected chi connectivity index (χ4v) is 2.41. The highest BCUT2D eigenvalue weighted by Crippen LogP contribution is 2.43. The SMILES string of the molecule is COC(=O)[C@@H]1C(C)c2ccccc2[C@@H]1N. The molecule has 3 heteroatoms. The van der Waals surface area contributed by atoms with Gasteiger partial charge in [0.1, 0.15) is 0 Å². The molecule has 2 rings (SSSR count). The summed E-state index contributed by atoms with van der Waals surface area (Å²) < 4.78 is 4.79. The number of nitrogens with two attached hydrogens (primary N) is 1. The molecule has 0 saturated carbocycles. The number of esters is 1.